The molecule has 0 aromatic carbocycles. The number of carbonyl (C=O) groups excluding carboxylic acids is 4. The number of aromatic nitrogens is 11. The lowest BCUT2D eigenvalue weighted by molar-refractivity contribution is -0.129. The second-order valence-electron chi connectivity index (χ2n) is 32.5. The van der Waals surface area contributed by atoms with Crippen LogP contribution in [0.15, 0.2) is 46.0 Å². The maximum absolute atomic E-state index is 12.4. The van der Waals surface area contributed by atoms with Crippen LogP contribution >= 0.6 is 0 Å². The van der Waals surface area contributed by atoms with E-state index in [1.165, 1.54) is 48.5 Å². The summed E-state index contributed by atoms with van der Waals surface area (Å²) in [6.07, 6.45) is 17.0. The van der Waals surface area contributed by atoms with Gasteiger partial charge in [0.05, 0.1) is 125 Å². The number of methoxy groups -OCH3 is 10. The third-order valence-corrected chi connectivity index (χ3v) is 26.6. The normalized spacial score (nSPS) is 28.3. The predicted molar refractivity (Wildman–Crippen MR) is 447 cm³/mol. The van der Waals surface area contributed by atoms with Crippen LogP contribution in [0.5, 0.6) is 59.5 Å². The van der Waals surface area contributed by atoms with Crippen molar-refractivity contribution >= 4 is 23.1 Å². The number of ketones is 4. The van der Waals surface area contributed by atoms with Gasteiger partial charge in [0.1, 0.15) is 5.76 Å². The molecule has 6 aromatic rings. The van der Waals surface area contributed by atoms with Crippen LogP contribution in [0.3, 0.4) is 0 Å². The fourth-order valence-electron chi connectivity index (χ4n) is 20.8. The van der Waals surface area contributed by atoms with Crippen molar-refractivity contribution in [2.75, 3.05) is 78.1 Å². The first-order valence-electron chi connectivity index (χ1n) is 40.4. The highest BCUT2D eigenvalue weighted by Crippen LogP contribution is 2.58. The average Bonchev–Trinajstić information content (AvgIpc) is 1.02. The van der Waals surface area contributed by atoms with Crippen LogP contribution in [0, 0.1) is 79.5 Å². The molecule has 0 radical (unpaired) electrons. The van der Waals surface area contributed by atoms with Gasteiger partial charge in [-0.15, -0.1) is 0 Å². The summed E-state index contributed by atoms with van der Waals surface area (Å²) in [6.45, 7) is 49.7. The van der Waals surface area contributed by atoms with E-state index >= 15 is 0 Å². The van der Waals surface area contributed by atoms with Gasteiger partial charge in [-0.1, -0.05) is 115 Å². The Kier molecular flexibility index (Phi) is 29.3. The van der Waals surface area contributed by atoms with Gasteiger partial charge in [0.25, 0.3) is 6.04 Å². The number of hydrogen-bond donors (Lipinski definition) is 2. The second-order valence-corrected chi connectivity index (χ2v) is 32.5. The van der Waals surface area contributed by atoms with Crippen LogP contribution in [0.1, 0.15) is 205 Å². The van der Waals surface area contributed by atoms with Gasteiger partial charge in [0.2, 0.25) is 52.3 Å². The fraction of sp³-hybridized carbons (Fsp3) is 0.584. The molecule has 0 aliphatic heterocycles. The zero-order valence-electron chi connectivity index (χ0n) is 72.9. The Balaban J connectivity index is 0.000000186. The van der Waals surface area contributed by atoms with E-state index in [0.29, 0.717) is 53.7 Å². The summed E-state index contributed by atoms with van der Waals surface area (Å²) in [5.74, 6) is 4.15. The van der Waals surface area contributed by atoms with E-state index in [4.69, 9.17) is 89.7 Å². The van der Waals surface area contributed by atoms with E-state index < -0.39 is 22.3 Å². The van der Waals surface area contributed by atoms with Crippen molar-refractivity contribution in [3.63, 3.8) is 0 Å². The zero-order chi connectivity index (χ0) is 88.0. The molecule has 0 spiro atoms. The summed E-state index contributed by atoms with van der Waals surface area (Å²) in [5, 5.41) is 11.3. The van der Waals surface area contributed by atoms with Crippen molar-refractivity contribution in [3.8, 4) is 59.5 Å². The van der Waals surface area contributed by atoms with Crippen molar-refractivity contribution in [1.82, 2.24) is 60.5 Å². The Morgan fingerprint density at radius 2 is 0.694 bits per heavy atom. The van der Waals surface area contributed by atoms with Gasteiger partial charge in [-0.3, -0.25) is 4.79 Å². The molecule has 648 valence electrons. The van der Waals surface area contributed by atoms with Crippen molar-refractivity contribution in [1.29, 1.82) is 0 Å². The molecule has 0 amide bonds. The molecular formula is C89H116N16O16. The van der Waals surface area contributed by atoms with Gasteiger partial charge in [-0.25, -0.2) is 26.6 Å². The summed E-state index contributed by atoms with van der Waals surface area (Å²) in [4.78, 5) is 108. The summed E-state index contributed by atoms with van der Waals surface area (Å²) in [7, 11) is 18.3. The molecule has 10 aliphatic carbocycles. The standard InChI is InChI=1S/2C17H21N3O3.3C17H19N3O3.CH5NO.3CH4/c1-9-12-6-5-11-14(19-16(22-4)20-15(11)21-3)17(12,2)7-10-8-18-23-13(9)10;4*1-9-11-7-6-10-14(19-16(23-5)20-15(10)22-4)17(11,2)8-12(18-3)13(9)21;1-2-3;;;/h8-9,12H,5-7H2,1-4H3;9,11-12H,6-8H2,1-2,4-5H3;3*8-9,11H,6-7H2,1-2,4-5H3;2-3H,1H3;3*1H4/t9-,12-,17-;9-,11-,12?,17-;3*9-,11-,17-;;;;/m00100..../s1/i;;;;;;1T;;. The molecule has 1 fully saturated rings. The van der Waals surface area contributed by atoms with E-state index in [9.17, 15) is 19.2 Å². The van der Waals surface area contributed by atoms with E-state index in [1.807, 2.05) is 54.7 Å². The number of fused-ring (bicyclic) bond motifs is 16. The van der Waals surface area contributed by atoms with Crippen LogP contribution in [0.25, 0.3) is 19.4 Å². The van der Waals surface area contributed by atoms with Gasteiger partial charge in [-0.05, 0) is 100 Å². The maximum atomic E-state index is 12.4. The topological polar surface area (TPSA) is 365 Å². The molecule has 6 aromatic heterocycles. The summed E-state index contributed by atoms with van der Waals surface area (Å²) < 4.78 is 64.5. The number of hydrogen-bond acceptors (Lipinski definition) is 28. The van der Waals surface area contributed by atoms with E-state index in [0.717, 1.165) is 133 Å². The maximum Gasteiger partial charge on any atom is 0.319 e. The van der Waals surface area contributed by atoms with Crippen molar-refractivity contribution in [3.05, 3.63) is 155 Å². The summed E-state index contributed by atoms with van der Waals surface area (Å²) in [5.41, 5.74) is 10.9. The van der Waals surface area contributed by atoms with E-state index in [1.54, 1.807) is 66.4 Å². The molecular weight excluding hydrogens is 1550 g/mol. The number of Topliss-reactive ketones (excluding diaryl/α,β-unsaturated/α-hetero) is 4. The lowest BCUT2D eigenvalue weighted by atomic mass is 9.55. The van der Waals surface area contributed by atoms with Crippen LogP contribution in [-0.2, 0) is 84.8 Å². The molecule has 16 atom stereocenters. The third-order valence-electron chi connectivity index (χ3n) is 26.6. The van der Waals surface area contributed by atoms with E-state index in [2.05, 4.69) is 90.2 Å². The number of ether oxygens (including phenoxy) is 10. The molecule has 16 rings (SSSR count). The smallest absolute Gasteiger partial charge is 0.319 e. The molecule has 121 heavy (non-hydrogen) atoms. The molecule has 32 nitrogen and oxygen atoms in total. The number of rotatable bonds is 10. The Labute approximate surface area is 711 Å². The number of allylic oxidation sites excluding steroid dienone is 6. The first-order valence-corrected chi connectivity index (χ1v) is 39.4. The lowest BCUT2D eigenvalue weighted by Gasteiger charge is -2.47. The molecule has 0 bridgehead atoms. The van der Waals surface area contributed by atoms with E-state index in [-0.39, 0.29) is 137 Å². The number of nitrogens with zero attached hydrogens (tertiary/aromatic N) is 15. The highest BCUT2D eigenvalue weighted by molar-refractivity contribution is 6.01. The summed E-state index contributed by atoms with van der Waals surface area (Å²) in [6, 6.07) is 0.765. The van der Waals surface area contributed by atoms with Crippen LogP contribution in [0.2, 0.25) is 0 Å². The van der Waals surface area contributed by atoms with Crippen molar-refractivity contribution in [2.24, 2.45) is 53.3 Å². The van der Waals surface area contributed by atoms with Gasteiger partial charge in [0.15, 0.2) is 17.3 Å². The number of hydroxylamine groups is 1. The molecule has 2 N–H and O–H groups in total. The minimum Gasteiger partial charge on any atom is -0.481 e. The van der Waals surface area contributed by atoms with Crippen molar-refractivity contribution in [2.45, 2.75) is 208 Å². The molecule has 1 unspecified atom stereocenters. The van der Waals surface area contributed by atoms with Crippen LogP contribution in [-0.4, -0.2) is 168 Å². The SMILES string of the molecule is C.C.CNO.COc1nc(OC)c2c(n1)[C@@]1(C)Cc3cnoc3[C@@H](C)[C@@H]1CC2.[3H]C.[C-]#[N+]C1=C[C@@]2(C)c3nc(OC)nc(OC)c3CC[C@@H]2[C@@H](C)C1=O.[C-]#[N+]C1=C[C@]2(C)c3nc(OC)nc(OC)c3CC[C@H]2[C@H](C)C1=O.[C-]#[N+]C1=C[C@]2(C)c3nc(OC)nc(OC)c3CC[C@H]2[C@H](C)C1=O.[C-]#[N+]C1C[C@]2(C)c3nc(OC)nc(OC)c3CC[C@H]2[C@H](C)C1=O. The van der Waals surface area contributed by atoms with Gasteiger partial charge < -0.3 is 76.3 Å². The Bertz CT molecular complexity index is 4900. The highest BCUT2D eigenvalue weighted by atomic mass is 16.5. The molecule has 6 heterocycles. The van der Waals surface area contributed by atoms with Gasteiger partial charge in [0, 0.05) is 105 Å². The minimum atomic E-state index is -0.593. The van der Waals surface area contributed by atoms with Gasteiger partial charge in [-0.2, -0.15) is 49.8 Å². The quantitative estimate of drug-likeness (QED) is 0.0950. The molecule has 1 saturated carbocycles. The largest absolute Gasteiger partial charge is 0.481 e. The predicted octanol–water partition coefficient (Wildman–Crippen LogP) is 13.4. The monoisotopic (exact) mass is 1670 g/mol. The Morgan fingerprint density at radius 1 is 0.421 bits per heavy atom. The first kappa shape index (κ1) is 93.3. The lowest BCUT2D eigenvalue weighted by Crippen LogP contribution is -2.52. The second kappa shape index (κ2) is 38.0. The third kappa shape index (κ3) is 16.5. The van der Waals surface area contributed by atoms with Crippen LogP contribution in [0.4, 0.5) is 0 Å². The van der Waals surface area contributed by atoms with Crippen LogP contribution < -0.4 is 52.8 Å². The average molecular weight is 1670 g/mol. The van der Waals surface area contributed by atoms with Crippen molar-refractivity contribution < 1.29 is 77.6 Å². The Morgan fingerprint density at radius 3 is 0.975 bits per heavy atom. The zero-order valence-corrected chi connectivity index (χ0v) is 71.9. The molecule has 0 saturated heterocycles. The number of nitrogens with one attached hydrogen (secondary N) is 1. The minimum absolute atomic E-state index is 0. The molecule has 32 heteroatoms. The Hall–Kier alpha value is -11.6. The first-order chi connectivity index (χ1) is 57.3. The highest BCUT2D eigenvalue weighted by Gasteiger charge is 2.58. The summed E-state index contributed by atoms with van der Waals surface area (Å²) >= 11 is 0. The fourth-order valence-corrected chi connectivity index (χ4v) is 20.8. The number of carbonyl (C=O) groups is 4. The molecule has 10 aliphatic rings. The van der Waals surface area contributed by atoms with Gasteiger partial charge >= 0.3 is 30.1 Å².